The molecule has 2 N–H and O–H groups in total. The van der Waals surface area contributed by atoms with E-state index in [9.17, 15) is 24.6 Å². The van der Waals surface area contributed by atoms with Gasteiger partial charge in [-0.3, -0.25) is 0 Å². The van der Waals surface area contributed by atoms with E-state index in [0.717, 1.165) is 0 Å². The summed E-state index contributed by atoms with van der Waals surface area (Å²) in [5.41, 5.74) is 0.790. The highest BCUT2D eigenvalue weighted by Gasteiger charge is 2.56. The molecule has 1 fully saturated rings. The van der Waals surface area contributed by atoms with Crippen LogP contribution in [0.15, 0.2) is 34.4 Å². The second kappa shape index (κ2) is 6.56. The smallest absolute Gasteiger partial charge is 0.340 e. The Balaban J connectivity index is 1.58. The van der Waals surface area contributed by atoms with Gasteiger partial charge in [0, 0.05) is 24.0 Å². The molecule has 0 radical (unpaired) electrons. The van der Waals surface area contributed by atoms with Crippen molar-refractivity contribution in [2.45, 2.75) is 64.1 Å². The number of allylic oxidation sites excluding steroid dienone is 1. The Labute approximate surface area is 161 Å². The fourth-order valence-electron chi connectivity index (χ4n) is 4.45. The van der Waals surface area contributed by atoms with Gasteiger partial charge in [0.2, 0.25) is 6.29 Å². The van der Waals surface area contributed by atoms with Crippen LogP contribution in [0.3, 0.4) is 0 Å². The Kier molecular flexibility index (Phi) is 4.43. The third-order valence-electron chi connectivity index (χ3n) is 6.22. The predicted octanol–water partition coefficient (Wildman–Crippen LogP) is 0.823. The van der Waals surface area contributed by atoms with Gasteiger partial charge in [0.05, 0.1) is 17.1 Å². The van der Waals surface area contributed by atoms with Crippen molar-refractivity contribution in [1.82, 2.24) is 0 Å². The maximum absolute atomic E-state index is 12.6. The molecule has 0 amide bonds. The minimum absolute atomic E-state index is 0.117. The minimum Gasteiger partial charge on any atom is -0.458 e. The first-order valence-electron chi connectivity index (χ1n) is 9.32. The molecule has 28 heavy (non-hydrogen) atoms. The maximum atomic E-state index is 12.6. The second-order valence-electron chi connectivity index (χ2n) is 7.87. The van der Waals surface area contributed by atoms with Crippen LogP contribution in [0, 0.1) is 5.41 Å². The van der Waals surface area contributed by atoms with Crippen LogP contribution < -0.4 is 0 Å². The van der Waals surface area contributed by atoms with Gasteiger partial charge in [0.25, 0.3) is 0 Å². The van der Waals surface area contributed by atoms with Gasteiger partial charge in [-0.1, -0.05) is 11.6 Å². The normalized spacial score (nSPS) is 37.8. The monoisotopic (exact) mass is 390 g/mol. The van der Waals surface area contributed by atoms with Gasteiger partial charge >= 0.3 is 17.9 Å². The molecule has 4 aliphatic rings. The van der Waals surface area contributed by atoms with Crippen molar-refractivity contribution in [3.8, 4) is 0 Å². The number of aliphatic hydroxyl groups excluding tert-OH is 2. The van der Waals surface area contributed by atoms with Gasteiger partial charge in [-0.25, -0.2) is 14.4 Å². The highest BCUT2D eigenvalue weighted by molar-refractivity contribution is 5.96. The fraction of sp³-hybridized carbons (Fsp3) is 0.550. The quantitative estimate of drug-likeness (QED) is 0.537. The van der Waals surface area contributed by atoms with Crippen LogP contribution >= 0.6 is 0 Å². The van der Waals surface area contributed by atoms with Gasteiger partial charge in [-0.05, 0) is 32.8 Å². The van der Waals surface area contributed by atoms with E-state index in [4.69, 9.17) is 9.47 Å². The lowest BCUT2D eigenvalue weighted by Gasteiger charge is -2.37. The highest BCUT2D eigenvalue weighted by atomic mass is 16.6. The molecule has 5 atom stereocenters. The summed E-state index contributed by atoms with van der Waals surface area (Å²) in [5.74, 6) is -1.77. The molecule has 8 nitrogen and oxygen atoms in total. The molecular weight excluding hydrogens is 368 g/mol. The molecule has 0 aromatic heterocycles. The summed E-state index contributed by atoms with van der Waals surface area (Å²) in [6.45, 7) is 3.54. The van der Waals surface area contributed by atoms with Gasteiger partial charge < -0.3 is 24.4 Å². The Bertz CT molecular complexity index is 850. The Morgan fingerprint density at radius 2 is 1.86 bits per heavy atom. The Morgan fingerprint density at radius 3 is 2.50 bits per heavy atom. The minimum atomic E-state index is -1.33. The molecule has 3 aliphatic heterocycles. The van der Waals surface area contributed by atoms with Crippen molar-refractivity contribution < 1.29 is 38.8 Å². The number of aliphatic hydroxyl groups is 2. The van der Waals surface area contributed by atoms with E-state index in [0.29, 0.717) is 29.6 Å². The molecule has 0 bridgehead atoms. The number of rotatable bonds is 3. The summed E-state index contributed by atoms with van der Waals surface area (Å²) >= 11 is 0. The highest BCUT2D eigenvalue weighted by Crippen LogP contribution is 2.49. The molecule has 150 valence electrons. The van der Waals surface area contributed by atoms with Crippen molar-refractivity contribution in [2.24, 2.45) is 5.41 Å². The molecule has 1 saturated heterocycles. The molecule has 0 aromatic carbocycles. The van der Waals surface area contributed by atoms with E-state index < -0.39 is 47.9 Å². The largest absolute Gasteiger partial charge is 0.458 e. The summed E-state index contributed by atoms with van der Waals surface area (Å²) in [5, 5.41) is 20.0. The third-order valence-corrected chi connectivity index (χ3v) is 6.22. The van der Waals surface area contributed by atoms with Crippen LogP contribution in [0.4, 0.5) is 0 Å². The van der Waals surface area contributed by atoms with Crippen molar-refractivity contribution in [3.63, 3.8) is 0 Å². The molecule has 8 heteroatoms. The zero-order chi connectivity index (χ0) is 20.2. The number of cyclic esters (lactones) is 3. The lowest BCUT2D eigenvalue weighted by Crippen LogP contribution is -2.43. The van der Waals surface area contributed by atoms with Gasteiger partial charge in [-0.15, -0.1) is 0 Å². The molecule has 0 spiro atoms. The van der Waals surface area contributed by atoms with Crippen LogP contribution in [0.25, 0.3) is 0 Å². The third kappa shape index (κ3) is 2.79. The van der Waals surface area contributed by atoms with Crippen molar-refractivity contribution >= 4 is 17.9 Å². The van der Waals surface area contributed by atoms with Crippen LogP contribution in [0.1, 0.15) is 39.5 Å². The summed E-state index contributed by atoms with van der Waals surface area (Å²) in [4.78, 5) is 36.7. The lowest BCUT2D eigenvalue weighted by atomic mass is 9.68. The molecule has 4 rings (SSSR count). The summed E-state index contributed by atoms with van der Waals surface area (Å²) in [6, 6.07) is 0. The second-order valence-corrected chi connectivity index (χ2v) is 7.87. The van der Waals surface area contributed by atoms with Crippen LogP contribution in [0.2, 0.25) is 0 Å². The van der Waals surface area contributed by atoms with Crippen LogP contribution in [0.5, 0.6) is 0 Å². The summed E-state index contributed by atoms with van der Waals surface area (Å²) < 4.78 is 15.6. The number of carbonyl (C=O) groups is 3. The number of esters is 3. The van der Waals surface area contributed by atoms with E-state index >= 15 is 0 Å². The SMILES string of the molecule is CC1=C(CC2OC(=O)C3=CCCC(O)C32C)C(=O)OC(C2=CC(O)OC2=O)C1. The molecule has 3 heterocycles. The Morgan fingerprint density at radius 1 is 1.11 bits per heavy atom. The average Bonchev–Trinajstić information content (AvgIpc) is 3.09. The number of carbonyl (C=O) groups excluding carboxylic acids is 3. The summed E-state index contributed by atoms with van der Waals surface area (Å²) in [7, 11) is 0. The van der Waals surface area contributed by atoms with E-state index in [1.54, 1.807) is 19.9 Å². The van der Waals surface area contributed by atoms with Crippen molar-refractivity contribution in [1.29, 1.82) is 0 Å². The average molecular weight is 390 g/mol. The number of fused-ring (bicyclic) bond motifs is 1. The first-order chi connectivity index (χ1) is 13.2. The standard InChI is InChI=1S/C20H22O8/c1-9-6-13(11-8-16(22)28-18(11)24)26-17(23)10(9)7-15-20(2)12(19(25)27-15)4-3-5-14(20)21/h4,8,13-16,21-22H,3,5-7H2,1-2H3. The van der Waals surface area contributed by atoms with E-state index in [-0.39, 0.29) is 18.4 Å². The first-order valence-corrected chi connectivity index (χ1v) is 9.32. The van der Waals surface area contributed by atoms with Gasteiger partial charge in [-0.2, -0.15) is 0 Å². The molecular formula is C20H22O8. The molecule has 0 aromatic rings. The maximum Gasteiger partial charge on any atom is 0.340 e. The topological polar surface area (TPSA) is 119 Å². The lowest BCUT2D eigenvalue weighted by molar-refractivity contribution is -0.154. The van der Waals surface area contributed by atoms with Crippen LogP contribution in [-0.2, 0) is 28.6 Å². The predicted molar refractivity (Wildman–Crippen MR) is 93.3 cm³/mol. The van der Waals surface area contributed by atoms with Crippen molar-refractivity contribution in [2.75, 3.05) is 0 Å². The number of hydrogen-bond acceptors (Lipinski definition) is 8. The van der Waals surface area contributed by atoms with Gasteiger partial charge in [0.1, 0.15) is 12.2 Å². The number of hydrogen-bond donors (Lipinski definition) is 2. The number of ether oxygens (including phenoxy) is 3. The zero-order valence-corrected chi connectivity index (χ0v) is 15.6. The first kappa shape index (κ1) is 18.9. The van der Waals surface area contributed by atoms with E-state index in [1.807, 2.05) is 0 Å². The molecule has 5 unspecified atom stereocenters. The Hall–Kier alpha value is -2.45. The zero-order valence-electron chi connectivity index (χ0n) is 15.6. The van der Waals surface area contributed by atoms with Gasteiger partial charge in [0.15, 0.2) is 0 Å². The molecule has 1 aliphatic carbocycles. The van der Waals surface area contributed by atoms with Crippen molar-refractivity contribution in [3.05, 3.63) is 34.4 Å². The van der Waals surface area contributed by atoms with E-state index in [2.05, 4.69) is 4.74 Å². The van der Waals surface area contributed by atoms with E-state index in [1.165, 1.54) is 6.08 Å². The molecule has 0 saturated carbocycles. The summed E-state index contributed by atoms with van der Waals surface area (Å²) in [6.07, 6.45) is 0.999. The fourth-order valence-corrected chi connectivity index (χ4v) is 4.45. The van der Waals surface area contributed by atoms with Crippen LogP contribution in [-0.4, -0.2) is 52.7 Å².